The summed E-state index contributed by atoms with van der Waals surface area (Å²) in [6.07, 6.45) is 3.76. The van der Waals surface area contributed by atoms with Crippen molar-refractivity contribution in [2.75, 3.05) is 0 Å². The van der Waals surface area contributed by atoms with E-state index in [2.05, 4.69) is 84.4 Å². The maximum Gasteiger partial charge on any atom is 0.0491 e. The van der Waals surface area contributed by atoms with Gasteiger partial charge in [-0.05, 0) is 41.9 Å². The first-order valence-electron chi connectivity index (χ1n) is 7.97. The second-order valence-electron chi connectivity index (χ2n) is 6.36. The first kappa shape index (κ1) is 14.8. The summed E-state index contributed by atoms with van der Waals surface area (Å²) < 4.78 is 0. The zero-order chi connectivity index (χ0) is 14.9. The van der Waals surface area contributed by atoms with Crippen molar-refractivity contribution in [3.05, 3.63) is 71.3 Å². The van der Waals surface area contributed by atoms with Crippen molar-refractivity contribution in [1.29, 1.82) is 0 Å². The van der Waals surface area contributed by atoms with Gasteiger partial charge in [0, 0.05) is 10.2 Å². The number of halogens is 1. The summed E-state index contributed by atoms with van der Waals surface area (Å²) in [5.74, 6) is 0.650. The Morgan fingerprint density at radius 2 is 1.52 bits per heavy atom. The first-order chi connectivity index (χ1) is 10.2. The molecule has 2 unspecified atom stereocenters. The zero-order valence-corrected chi connectivity index (χ0v) is 14.4. The number of alkyl halides is 1. The molecular weight excluding hydrogens is 320 g/mol. The Hall–Kier alpha value is -1.08. The predicted molar refractivity (Wildman–Crippen MR) is 94.2 cm³/mol. The highest BCUT2D eigenvalue weighted by atomic mass is 79.9. The molecule has 0 spiro atoms. The molecule has 2 aromatic carbocycles. The first-order valence-corrected chi connectivity index (χ1v) is 8.88. The third-order valence-electron chi connectivity index (χ3n) is 5.03. The van der Waals surface area contributed by atoms with Crippen LogP contribution in [-0.4, -0.2) is 0 Å². The standard InChI is InChI=1S/C20H23Br/c1-3-15(2)16-9-11-17(12-10-16)19(21)20(13-14-20)18-7-5-4-6-8-18/h4-12,15,19H,3,13-14H2,1-2H3. The van der Waals surface area contributed by atoms with Crippen LogP contribution in [0.25, 0.3) is 0 Å². The van der Waals surface area contributed by atoms with Crippen LogP contribution < -0.4 is 0 Å². The second-order valence-corrected chi connectivity index (χ2v) is 7.28. The lowest BCUT2D eigenvalue weighted by molar-refractivity contribution is 0.679. The largest absolute Gasteiger partial charge is 0.0829 e. The molecule has 1 aliphatic rings. The van der Waals surface area contributed by atoms with E-state index in [-0.39, 0.29) is 0 Å². The molecular formula is C20H23Br. The molecule has 0 nitrogen and oxygen atoms in total. The minimum absolute atomic E-state index is 0.305. The Balaban J connectivity index is 1.84. The number of hydrogen-bond donors (Lipinski definition) is 0. The lowest BCUT2D eigenvalue weighted by Gasteiger charge is -2.23. The molecule has 0 saturated heterocycles. The van der Waals surface area contributed by atoms with E-state index in [0.29, 0.717) is 16.2 Å². The Bertz CT molecular complexity index is 581. The van der Waals surface area contributed by atoms with Crippen molar-refractivity contribution >= 4 is 15.9 Å². The van der Waals surface area contributed by atoms with Gasteiger partial charge < -0.3 is 0 Å². The smallest absolute Gasteiger partial charge is 0.0491 e. The van der Waals surface area contributed by atoms with E-state index in [1.54, 1.807) is 0 Å². The summed E-state index contributed by atoms with van der Waals surface area (Å²) in [5, 5.41) is 0. The van der Waals surface area contributed by atoms with Gasteiger partial charge in [0.15, 0.2) is 0 Å². The average molecular weight is 343 g/mol. The Morgan fingerprint density at radius 3 is 2.05 bits per heavy atom. The maximum atomic E-state index is 3.99. The molecule has 2 atom stereocenters. The van der Waals surface area contributed by atoms with Crippen molar-refractivity contribution in [3.8, 4) is 0 Å². The second kappa shape index (κ2) is 5.96. The van der Waals surface area contributed by atoms with Crippen LogP contribution in [0, 0.1) is 0 Å². The molecule has 1 heteroatoms. The lowest BCUT2D eigenvalue weighted by atomic mass is 9.88. The molecule has 21 heavy (non-hydrogen) atoms. The van der Waals surface area contributed by atoms with Crippen molar-refractivity contribution < 1.29 is 0 Å². The minimum atomic E-state index is 0.305. The van der Waals surface area contributed by atoms with Gasteiger partial charge in [-0.1, -0.05) is 84.4 Å². The highest BCUT2D eigenvalue weighted by molar-refractivity contribution is 9.09. The molecule has 0 amide bonds. The van der Waals surface area contributed by atoms with Gasteiger partial charge in [0.05, 0.1) is 0 Å². The van der Waals surface area contributed by atoms with E-state index in [4.69, 9.17) is 0 Å². The van der Waals surface area contributed by atoms with E-state index < -0.39 is 0 Å². The van der Waals surface area contributed by atoms with Crippen LogP contribution in [0.4, 0.5) is 0 Å². The molecule has 0 radical (unpaired) electrons. The average Bonchev–Trinajstić information content (AvgIpc) is 3.36. The highest BCUT2D eigenvalue weighted by Gasteiger charge is 2.50. The molecule has 0 aliphatic heterocycles. The van der Waals surface area contributed by atoms with Crippen LogP contribution in [0.2, 0.25) is 0 Å². The van der Waals surface area contributed by atoms with E-state index in [0.717, 1.165) is 0 Å². The van der Waals surface area contributed by atoms with Crippen LogP contribution >= 0.6 is 15.9 Å². The molecule has 0 N–H and O–H groups in total. The van der Waals surface area contributed by atoms with Crippen molar-refractivity contribution in [2.24, 2.45) is 0 Å². The minimum Gasteiger partial charge on any atom is -0.0829 e. The Morgan fingerprint density at radius 1 is 0.952 bits per heavy atom. The Labute approximate surface area is 136 Å². The van der Waals surface area contributed by atoms with Gasteiger partial charge in [-0.25, -0.2) is 0 Å². The van der Waals surface area contributed by atoms with Crippen LogP contribution in [0.15, 0.2) is 54.6 Å². The number of rotatable bonds is 5. The molecule has 0 aromatic heterocycles. The SMILES string of the molecule is CCC(C)c1ccc(C(Br)C2(c3ccccc3)CC2)cc1. The highest BCUT2D eigenvalue weighted by Crippen LogP contribution is 2.59. The van der Waals surface area contributed by atoms with E-state index >= 15 is 0 Å². The summed E-state index contributed by atoms with van der Waals surface area (Å²) in [7, 11) is 0. The van der Waals surface area contributed by atoms with Crippen molar-refractivity contribution in [3.63, 3.8) is 0 Å². The number of benzene rings is 2. The van der Waals surface area contributed by atoms with Gasteiger partial charge in [-0.15, -0.1) is 0 Å². The maximum absolute atomic E-state index is 3.99. The van der Waals surface area contributed by atoms with Crippen LogP contribution in [-0.2, 0) is 5.41 Å². The molecule has 110 valence electrons. The molecule has 1 saturated carbocycles. The van der Waals surface area contributed by atoms with Gasteiger partial charge in [0.25, 0.3) is 0 Å². The molecule has 3 rings (SSSR count). The summed E-state index contributed by atoms with van der Waals surface area (Å²) in [4.78, 5) is 0.415. The molecule has 0 heterocycles. The summed E-state index contributed by atoms with van der Waals surface area (Å²) in [6, 6.07) is 20.2. The van der Waals surface area contributed by atoms with E-state index in [1.165, 1.54) is 36.0 Å². The summed E-state index contributed by atoms with van der Waals surface area (Å²) >= 11 is 3.99. The van der Waals surface area contributed by atoms with Crippen molar-refractivity contribution in [1.82, 2.24) is 0 Å². The summed E-state index contributed by atoms with van der Waals surface area (Å²) in [6.45, 7) is 4.55. The molecule has 0 bridgehead atoms. The zero-order valence-electron chi connectivity index (χ0n) is 12.9. The van der Waals surface area contributed by atoms with Crippen LogP contribution in [0.3, 0.4) is 0 Å². The topological polar surface area (TPSA) is 0 Å². The van der Waals surface area contributed by atoms with Crippen LogP contribution in [0.5, 0.6) is 0 Å². The van der Waals surface area contributed by atoms with Gasteiger partial charge in [0.2, 0.25) is 0 Å². The predicted octanol–water partition coefficient (Wildman–Crippen LogP) is 6.37. The fraction of sp³-hybridized carbons (Fsp3) is 0.400. The molecule has 2 aromatic rings. The van der Waals surface area contributed by atoms with Crippen LogP contribution in [0.1, 0.15) is 60.5 Å². The molecule has 1 aliphatic carbocycles. The fourth-order valence-corrected chi connectivity index (χ4v) is 4.17. The third kappa shape index (κ3) is 2.81. The molecule has 1 fully saturated rings. The monoisotopic (exact) mass is 342 g/mol. The third-order valence-corrected chi connectivity index (χ3v) is 6.44. The number of hydrogen-bond acceptors (Lipinski definition) is 0. The lowest BCUT2D eigenvalue weighted by Crippen LogP contribution is -2.13. The van der Waals surface area contributed by atoms with Gasteiger partial charge in [-0.2, -0.15) is 0 Å². The van der Waals surface area contributed by atoms with Gasteiger partial charge in [0.1, 0.15) is 0 Å². The normalized spacial score (nSPS) is 19.0. The van der Waals surface area contributed by atoms with E-state index in [1.807, 2.05) is 0 Å². The summed E-state index contributed by atoms with van der Waals surface area (Å²) in [5.41, 5.74) is 4.63. The van der Waals surface area contributed by atoms with Crippen molar-refractivity contribution in [2.45, 2.75) is 49.3 Å². The Kier molecular flexibility index (Phi) is 4.21. The quantitative estimate of drug-likeness (QED) is 0.554. The fourth-order valence-electron chi connectivity index (χ4n) is 3.14. The van der Waals surface area contributed by atoms with Gasteiger partial charge in [-0.3, -0.25) is 0 Å². The van der Waals surface area contributed by atoms with Gasteiger partial charge >= 0.3 is 0 Å². The van der Waals surface area contributed by atoms with E-state index in [9.17, 15) is 0 Å².